The lowest BCUT2D eigenvalue weighted by Crippen LogP contribution is -2.63. The topological polar surface area (TPSA) is 144 Å². The summed E-state index contributed by atoms with van der Waals surface area (Å²) in [5.41, 5.74) is 0.753. The van der Waals surface area contributed by atoms with E-state index in [1.165, 1.54) is 19.1 Å². The Kier molecular flexibility index (Phi) is 8.41. The molecular formula is C21H26O11. The van der Waals surface area contributed by atoms with Gasteiger partial charge in [-0.2, -0.15) is 0 Å². The van der Waals surface area contributed by atoms with Crippen LogP contribution in [0.1, 0.15) is 33.3 Å². The number of ether oxygens (including phenoxy) is 6. The first-order valence-corrected chi connectivity index (χ1v) is 9.74. The molecule has 1 aliphatic heterocycles. The lowest BCUT2D eigenvalue weighted by Gasteiger charge is -2.43. The number of carbonyl (C=O) groups is 4. The van der Waals surface area contributed by atoms with Gasteiger partial charge < -0.3 is 33.5 Å². The van der Waals surface area contributed by atoms with Gasteiger partial charge in [-0.25, -0.2) is 0 Å². The van der Waals surface area contributed by atoms with Gasteiger partial charge in [0.05, 0.1) is 0 Å². The van der Waals surface area contributed by atoms with Gasteiger partial charge in [0.1, 0.15) is 12.7 Å². The molecule has 1 aromatic rings. The molecule has 1 fully saturated rings. The molecule has 0 aromatic heterocycles. The molecule has 0 radical (unpaired) electrons. The molecule has 0 aliphatic carbocycles. The van der Waals surface area contributed by atoms with E-state index in [0.29, 0.717) is 0 Å². The van der Waals surface area contributed by atoms with Gasteiger partial charge in [0.25, 0.3) is 0 Å². The van der Waals surface area contributed by atoms with Gasteiger partial charge >= 0.3 is 23.9 Å². The zero-order valence-corrected chi connectivity index (χ0v) is 18.4. The molecule has 0 spiro atoms. The van der Waals surface area contributed by atoms with Gasteiger partial charge in [0.2, 0.25) is 12.4 Å². The Labute approximate surface area is 184 Å². The van der Waals surface area contributed by atoms with Crippen molar-refractivity contribution in [2.24, 2.45) is 0 Å². The Morgan fingerprint density at radius 1 is 0.875 bits per heavy atom. The Hall–Kier alpha value is -3.34. The average Bonchev–Trinajstić information content (AvgIpc) is 2.66. The Morgan fingerprint density at radius 2 is 1.44 bits per heavy atom. The number of aromatic hydroxyl groups is 1. The zero-order valence-electron chi connectivity index (χ0n) is 18.4. The minimum Gasteiger partial charge on any atom is -0.504 e. The van der Waals surface area contributed by atoms with Crippen molar-refractivity contribution in [3.05, 3.63) is 23.8 Å². The van der Waals surface area contributed by atoms with Crippen molar-refractivity contribution in [2.75, 3.05) is 6.61 Å². The van der Waals surface area contributed by atoms with Gasteiger partial charge in [0, 0.05) is 27.7 Å². The highest BCUT2D eigenvalue weighted by Crippen LogP contribution is 2.34. The number of phenols is 1. The molecule has 5 atom stereocenters. The van der Waals surface area contributed by atoms with E-state index >= 15 is 0 Å². The third kappa shape index (κ3) is 6.84. The number of phenolic OH excluding ortho intramolecular Hbond substituents is 1. The fourth-order valence-electron chi connectivity index (χ4n) is 3.12. The van der Waals surface area contributed by atoms with Crippen LogP contribution in [0.3, 0.4) is 0 Å². The lowest BCUT2D eigenvalue weighted by molar-refractivity contribution is -0.288. The molecular weight excluding hydrogens is 428 g/mol. The van der Waals surface area contributed by atoms with Crippen molar-refractivity contribution in [1.82, 2.24) is 0 Å². The quantitative estimate of drug-likeness (QED) is 0.468. The summed E-state index contributed by atoms with van der Waals surface area (Å²) in [4.78, 5) is 46.6. The second-order valence-electron chi connectivity index (χ2n) is 7.16. The maximum atomic E-state index is 11.8. The van der Waals surface area contributed by atoms with Crippen LogP contribution in [-0.2, 0) is 42.9 Å². The van der Waals surface area contributed by atoms with Crippen molar-refractivity contribution >= 4 is 23.9 Å². The highest BCUT2D eigenvalue weighted by atomic mass is 16.7. The number of hydrogen-bond acceptors (Lipinski definition) is 11. The van der Waals surface area contributed by atoms with Crippen LogP contribution in [0.2, 0.25) is 0 Å². The third-order valence-corrected chi connectivity index (χ3v) is 4.31. The van der Waals surface area contributed by atoms with Crippen LogP contribution in [0.5, 0.6) is 11.5 Å². The lowest BCUT2D eigenvalue weighted by atomic mass is 9.98. The second-order valence-corrected chi connectivity index (χ2v) is 7.16. The molecule has 2 rings (SSSR count). The van der Waals surface area contributed by atoms with Crippen LogP contribution < -0.4 is 4.74 Å². The predicted molar refractivity (Wildman–Crippen MR) is 105 cm³/mol. The first kappa shape index (κ1) is 24.9. The van der Waals surface area contributed by atoms with Gasteiger partial charge in [0.15, 0.2) is 23.7 Å². The van der Waals surface area contributed by atoms with Crippen molar-refractivity contribution in [3.63, 3.8) is 0 Å². The van der Waals surface area contributed by atoms with Crippen molar-refractivity contribution in [1.29, 1.82) is 0 Å². The monoisotopic (exact) mass is 454 g/mol. The molecule has 11 heteroatoms. The molecule has 1 N–H and O–H groups in total. The van der Waals surface area contributed by atoms with Crippen molar-refractivity contribution in [2.45, 2.75) is 65.3 Å². The molecule has 32 heavy (non-hydrogen) atoms. The van der Waals surface area contributed by atoms with E-state index in [0.717, 1.165) is 26.3 Å². The Bertz CT molecular complexity index is 865. The van der Waals surface area contributed by atoms with Crippen LogP contribution in [0.4, 0.5) is 0 Å². The average molecular weight is 454 g/mol. The van der Waals surface area contributed by atoms with E-state index < -0.39 is 54.6 Å². The molecule has 1 aromatic carbocycles. The van der Waals surface area contributed by atoms with E-state index in [4.69, 9.17) is 28.4 Å². The minimum atomic E-state index is -1.41. The Morgan fingerprint density at radius 3 is 2.00 bits per heavy atom. The highest BCUT2D eigenvalue weighted by molar-refractivity contribution is 5.68. The summed E-state index contributed by atoms with van der Waals surface area (Å²) in [6.45, 7) is 5.93. The summed E-state index contributed by atoms with van der Waals surface area (Å²) in [6, 6.07) is 4.56. The first-order chi connectivity index (χ1) is 15.0. The largest absolute Gasteiger partial charge is 0.504 e. The number of aryl methyl sites for hydroxylation is 1. The van der Waals surface area contributed by atoms with Crippen LogP contribution in [-0.4, -0.2) is 66.3 Å². The van der Waals surface area contributed by atoms with E-state index in [9.17, 15) is 24.3 Å². The van der Waals surface area contributed by atoms with E-state index in [2.05, 4.69) is 0 Å². The number of rotatable bonds is 7. The SMILES string of the molecule is CC(=O)OC[C@H]1O[C@H](Oc2cc(C)ccc2O)[C@@H](OC(C)=O)[C@@H](OC(C)=O)[C@@H]1OC(C)=O. The van der Waals surface area contributed by atoms with Crippen molar-refractivity contribution in [3.8, 4) is 11.5 Å². The first-order valence-electron chi connectivity index (χ1n) is 9.74. The fourth-order valence-corrected chi connectivity index (χ4v) is 3.12. The number of benzene rings is 1. The molecule has 176 valence electrons. The van der Waals surface area contributed by atoms with Gasteiger partial charge in [-0.15, -0.1) is 0 Å². The van der Waals surface area contributed by atoms with Gasteiger partial charge in [-0.1, -0.05) is 6.07 Å². The van der Waals surface area contributed by atoms with E-state index in [1.807, 2.05) is 0 Å². The summed E-state index contributed by atoms with van der Waals surface area (Å²) in [5.74, 6) is -3.09. The van der Waals surface area contributed by atoms with E-state index in [-0.39, 0.29) is 18.1 Å². The Balaban J connectivity index is 2.49. The smallest absolute Gasteiger partial charge is 0.303 e. The molecule has 11 nitrogen and oxygen atoms in total. The molecule has 0 bridgehead atoms. The maximum Gasteiger partial charge on any atom is 0.303 e. The van der Waals surface area contributed by atoms with Gasteiger partial charge in [-0.05, 0) is 24.6 Å². The summed E-state index contributed by atoms with van der Waals surface area (Å²) in [7, 11) is 0. The maximum absolute atomic E-state index is 11.8. The van der Waals surface area contributed by atoms with Crippen LogP contribution in [0.15, 0.2) is 18.2 Å². The minimum absolute atomic E-state index is 0.00546. The second kappa shape index (κ2) is 10.8. The zero-order chi connectivity index (χ0) is 24.0. The number of hydrogen-bond donors (Lipinski definition) is 1. The number of esters is 4. The standard InChI is InChI=1S/C21H26O11/c1-10-6-7-15(26)16(8-10)31-21-20(30-14(5)25)19(29-13(4)24)18(28-12(3)23)17(32-21)9-27-11(2)22/h6-8,17-21,26H,9H2,1-5H3/t17-,18-,19+,20+,21+/m1/s1. The molecule has 1 aliphatic rings. The van der Waals surface area contributed by atoms with Crippen LogP contribution >= 0.6 is 0 Å². The molecule has 0 unspecified atom stereocenters. The molecule has 1 saturated heterocycles. The fraction of sp³-hybridized carbons (Fsp3) is 0.524. The highest BCUT2D eigenvalue weighted by Gasteiger charge is 2.53. The summed E-state index contributed by atoms with van der Waals surface area (Å²) in [5, 5.41) is 10.1. The number of carbonyl (C=O) groups excluding carboxylic acids is 4. The molecule has 0 amide bonds. The third-order valence-electron chi connectivity index (χ3n) is 4.31. The van der Waals surface area contributed by atoms with Crippen LogP contribution in [0.25, 0.3) is 0 Å². The summed E-state index contributed by atoms with van der Waals surface area (Å²) in [6.07, 6.45) is -6.58. The summed E-state index contributed by atoms with van der Waals surface area (Å²) >= 11 is 0. The van der Waals surface area contributed by atoms with Crippen LogP contribution in [0, 0.1) is 6.92 Å². The molecule has 1 heterocycles. The van der Waals surface area contributed by atoms with Gasteiger partial charge in [-0.3, -0.25) is 19.2 Å². The summed E-state index contributed by atoms with van der Waals surface area (Å²) < 4.78 is 32.5. The van der Waals surface area contributed by atoms with Crippen molar-refractivity contribution < 1.29 is 52.7 Å². The predicted octanol–water partition coefficient (Wildman–Crippen LogP) is 1.16. The van der Waals surface area contributed by atoms with E-state index in [1.54, 1.807) is 13.0 Å². The normalized spacial score (nSPS) is 24.7. The molecule has 0 saturated carbocycles.